The summed E-state index contributed by atoms with van der Waals surface area (Å²) in [5.41, 5.74) is 13.4. The largest absolute Gasteiger partial charge is 0.573 e. The highest BCUT2D eigenvalue weighted by Gasteiger charge is 2.30. The Morgan fingerprint density at radius 1 is 0.815 bits per heavy atom. The SMILES string of the molecule is Nc1c(NNc2ccccc2)ncnc1Nc1ccc(OC(F)(F)F)cc1. The van der Waals surface area contributed by atoms with Gasteiger partial charge < -0.3 is 15.8 Å². The maximum absolute atomic E-state index is 12.2. The first-order valence-corrected chi connectivity index (χ1v) is 7.71. The van der Waals surface area contributed by atoms with Crippen molar-refractivity contribution in [1.82, 2.24) is 9.97 Å². The summed E-state index contributed by atoms with van der Waals surface area (Å²) in [7, 11) is 0. The number of anilines is 5. The number of hydrogen-bond donors (Lipinski definition) is 4. The van der Waals surface area contributed by atoms with E-state index in [1.165, 1.54) is 30.6 Å². The van der Waals surface area contributed by atoms with E-state index in [2.05, 4.69) is 30.9 Å². The molecule has 0 aliphatic heterocycles. The fourth-order valence-electron chi connectivity index (χ4n) is 2.12. The molecule has 1 aromatic heterocycles. The van der Waals surface area contributed by atoms with Crippen molar-refractivity contribution in [3.05, 3.63) is 60.9 Å². The molecule has 3 rings (SSSR count). The van der Waals surface area contributed by atoms with Crippen LogP contribution in [0.3, 0.4) is 0 Å². The van der Waals surface area contributed by atoms with Crippen LogP contribution in [0.4, 0.5) is 41.9 Å². The number of alkyl halides is 3. The maximum atomic E-state index is 12.2. The number of hydrogen-bond acceptors (Lipinski definition) is 7. The Morgan fingerprint density at radius 2 is 1.48 bits per heavy atom. The van der Waals surface area contributed by atoms with Crippen molar-refractivity contribution in [2.45, 2.75) is 6.36 Å². The van der Waals surface area contributed by atoms with Crippen molar-refractivity contribution in [2.75, 3.05) is 21.9 Å². The number of ether oxygens (including phenoxy) is 1. The molecule has 2 aromatic carbocycles. The average Bonchev–Trinajstić information content (AvgIpc) is 2.64. The molecule has 0 atom stereocenters. The number of rotatable bonds is 6. The highest BCUT2D eigenvalue weighted by atomic mass is 19.4. The molecular weight excluding hydrogens is 361 g/mol. The predicted molar refractivity (Wildman–Crippen MR) is 96.5 cm³/mol. The molecule has 3 aromatic rings. The molecule has 0 bridgehead atoms. The molecule has 0 unspecified atom stereocenters. The van der Waals surface area contributed by atoms with E-state index in [9.17, 15) is 13.2 Å². The number of nitrogen functional groups attached to an aromatic ring is 1. The van der Waals surface area contributed by atoms with E-state index in [4.69, 9.17) is 5.73 Å². The lowest BCUT2D eigenvalue weighted by atomic mass is 10.3. The quantitative estimate of drug-likeness (QED) is 0.480. The second-order valence-electron chi connectivity index (χ2n) is 5.30. The number of halogens is 3. The van der Waals surface area contributed by atoms with Crippen LogP contribution < -0.4 is 26.6 Å². The van der Waals surface area contributed by atoms with Gasteiger partial charge in [0.15, 0.2) is 11.6 Å². The van der Waals surface area contributed by atoms with Crippen molar-refractivity contribution in [1.29, 1.82) is 0 Å². The smallest absolute Gasteiger partial charge is 0.406 e. The lowest BCUT2D eigenvalue weighted by Gasteiger charge is -2.14. The second kappa shape index (κ2) is 7.68. The molecule has 0 saturated heterocycles. The van der Waals surface area contributed by atoms with Gasteiger partial charge in [-0.15, -0.1) is 13.2 Å². The zero-order chi connectivity index (χ0) is 19.3. The summed E-state index contributed by atoms with van der Waals surface area (Å²) >= 11 is 0. The van der Waals surface area contributed by atoms with Crippen molar-refractivity contribution in [3.63, 3.8) is 0 Å². The Bertz CT molecular complexity index is 887. The zero-order valence-electron chi connectivity index (χ0n) is 13.8. The minimum absolute atomic E-state index is 0.233. The molecule has 27 heavy (non-hydrogen) atoms. The third-order valence-electron chi connectivity index (χ3n) is 3.33. The summed E-state index contributed by atoms with van der Waals surface area (Å²) < 4.78 is 40.4. The molecule has 140 valence electrons. The number of nitrogens with one attached hydrogen (secondary N) is 3. The molecule has 0 radical (unpaired) electrons. The third kappa shape index (κ3) is 5.14. The summed E-state index contributed by atoms with van der Waals surface area (Å²) in [6.07, 6.45) is -3.44. The first-order chi connectivity index (χ1) is 12.9. The minimum Gasteiger partial charge on any atom is -0.406 e. The van der Waals surface area contributed by atoms with Crippen LogP contribution in [0.15, 0.2) is 60.9 Å². The zero-order valence-corrected chi connectivity index (χ0v) is 13.8. The molecule has 0 saturated carbocycles. The molecule has 0 fully saturated rings. The van der Waals surface area contributed by atoms with Crippen molar-refractivity contribution < 1.29 is 17.9 Å². The van der Waals surface area contributed by atoms with Gasteiger partial charge in [0.2, 0.25) is 0 Å². The van der Waals surface area contributed by atoms with Gasteiger partial charge in [-0.05, 0) is 36.4 Å². The lowest BCUT2D eigenvalue weighted by molar-refractivity contribution is -0.274. The van der Waals surface area contributed by atoms with Gasteiger partial charge in [-0.3, -0.25) is 10.9 Å². The maximum Gasteiger partial charge on any atom is 0.573 e. The van der Waals surface area contributed by atoms with Gasteiger partial charge in [-0.1, -0.05) is 18.2 Å². The van der Waals surface area contributed by atoms with Crippen LogP contribution in [0.2, 0.25) is 0 Å². The molecule has 0 aliphatic rings. The van der Waals surface area contributed by atoms with E-state index in [-0.39, 0.29) is 11.4 Å². The van der Waals surface area contributed by atoms with Gasteiger partial charge >= 0.3 is 6.36 Å². The predicted octanol–water partition coefficient (Wildman–Crippen LogP) is 4.14. The second-order valence-corrected chi connectivity index (χ2v) is 5.30. The van der Waals surface area contributed by atoms with Gasteiger partial charge in [-0.25, -0.2) is 9.97 Å². The van der Waals surface area contributed by atoms with Gasteiger partial charge in [0.05, 0.1) is 5.69 Å². The van der Waals surface area contributed by atoms with E-state index in [0.29, 0.717) is 17.3 Å². The summed E-state index contributed by atoms with van der Waals surface area (Å²) in [5, 5.41) is 2.92. The van der Waals surface area contributed by atoms with Gasteiger partial charge in [0, 0.05) is 5.69 Å². The standard InChI is InChI=1S/C17H15F3N6O/c18-17(19,20)27-13-8-6-11(7-9-13)24-15-14(21)16(23-10-22-15)26-25-12-4-2-1-3-5-12/h1-10,25H,21H2,(H2,22,23,24,26). The number of nitrogens with two attached hydrogens (primary N) is 1. The van der Waals surface area contributed by atoms with E-state index < -0.39 is 6.36 Å². The van der Waals surface area contributed by atoms with Crippen molar-refractivity contribution in [2.24, 2.45) is 0 Å². The monoisotopic (exact) mass is 376 g/mol. The molecule has 0 spiro atoms. The van der Waals surface area contributed by atoms with Crippen LogP contribution in [0.1, 0.15) is 0 Å². The Kier molecular flexibility index (Phi) is 5.15. The molecular formula is C17H15F3N6O. The fraction of sp³-hybridized carbons (Fsp3) is 0.0588. The summed E-state index contributed by atoms with van der Waals surface area (Å²) in [6, 6.07) is 14.5. The minimum atomic E-state index is -4.74. The van der Waals surface area contributed by atoms with Crippen LogP contribution in [-0.2, 0) is 0 Å². The number of para-hydroxylation sites is 1. The Morgan fingerprint density at radius 3 is 2.15 bits per heavy atom. The number of benzene rings is 2. The first kappa shape index (κ1) is 18.1. The molecule has 0 aliphatic carbocycles. The first-order valence-electron chi connectivity index (χ1n) is 7.71. The van der Waals surface area contributed by atoms with E-state index >= 15 is 0 Å². The van der Waals surface area contributed by atoms with Crippen LogP contribution in [-0.4, -0.2) is 16.3 Å². The average molecular weight is 376 g/mol. The Balaban J connectivity index is 1.68. The van der Waals surface area contributed by atoms with Gasteiger partial charge in [0.1, 0.15) is 17.8 Å². The van der Waals surface area contributed by atoms with Crippen LogP contribution >= 0.6 is 0 Å². The van der Waals surface area contributed by atoms with Crippen molar-refractivity contribution >= 4 is 28.7 Å². The summed E-state index contributed by atoms with van der Waals surface area (Å²) in [5.74, 6) is 0.318. The van der Waals surface area contributed by atoms with Crippen molar-refractivity contribution in [3.8, 4) is 5.75 Å². The summed E-state index contributed by atoms with van der Waals surface area (Å²) in [6.45, 7) is 0. The van der Waals surface area contributed by atoms with E-state index in [1.54, 1.807) is 0 Å². The summed E-state index contributed by atoms with van der Waals surface area (Å²) in [4.78, 5) is 8.10. The third-order valence-corrected chi connectivity index (χ3v) is 3.33. The number of nitrogens with zero attached hydrogens (tertiary/aromatic N) is 2. The van der Waals surface area contributed by atoms with Gasteiger partial charge in [0.25, 0.3) is 0 Å². The number of aromatic nitrogens is 2. The molecule has 10 heteroatoms. The fourth-order valence-corrected chi connectivity index (χ4v) is 2.12. The molecule has 7 nitrogen and oxygen atoms in total. The van der Waals surface area contributed by atoms with Crippen LogP contribution in [0, 0.1) is 0 Å². The number of hydrazine groups is 1. The highest BCUT2D eigenvalue weighted by molar-refractivity contribution is 5.78. The van der Waals surface area contributed by atoms with Crippen LogP contribution in [0.25, 0.3) is 0 Å². The lowest BCUT2D eigenvalue weighted by Crippen LogP contribution is -2.17. The molecule has 0 amide bonds. The van der Waals surface area contributed by atoms with Crippen LogP contribution in [0.5, 0.6) is 5.75 Å². The molecule has 5 N–H and O–H groups in total. The Labute approximate surface area is 152 Å². The van der Waals surface area contributed by atoms with Gasteiger partial charge in [-0.2, -0.15) is 0 Å². The highest BCUT2D eigenvalue weighted by Crippen LogP contribution is 2.28. The van der Waals surface area contributed by atoms with E-state index in [1.807, 2.05) is 30.3 Å². The topological polar surface area (TPSA) is 97.1 Å². The Hall–Kier alpha value is -3.69. The molecule has 1 heterocycles. The van der Waals surface area contributed by atoms with E-state index in [0.717, 1.165) is 5.69 Å². The normalized spacial score (nSPS) is 10.9.